The average molecular weight is 198 g/mol. The Bertz CT molecular complexity index is 348. The molecular weight excluding hydrogens is 192 g/mol. The maximum atomic E-state index is 10.5. The summed E-state index contributed by atoms with van der Waals surface area (Å²) in [5.74, 6) is 4.63. The largest absolute Gasteiger partial charge is 0.533 e. The summed E-state index contributed by atoms with van der Waals surface area (Å²) in [6.45, 7) is 0. The highest BCUT2D eigenvalue weighted by Gasteiger charge is 2.07. The molecule has 0 fully saturated rings. The van der Waals surface area contributed by atoms with Gasteiger partial charge in [0.25, 0.3) is 5.69 Å². The first-order chi connectivity index (χ1) is 6.63. The van der Waals surface area contributed by atoms with Gasteiger partial charge in [-0.25, -0.2) is 4.79 Å². The zero-order valence-electron chi connectivity index (χ0n) is 6.88. The number of hydrogen-bond donors (Lipinski definition) is 1. The minimum Gasteiger partial charge on any atom is -0.394 e. The Morgan fingerprint density at radius 3 is 2.36 bits per heavy atom. The summed E-state index contributed by atoms with van der Waals surface area (Å²) < 4.78 is 4.49. The van der Waals surface area contributed by atoms with Gasteiger partial charge in [0.1, 0.15) is 5.75 Å². The molecule has 2 N–H and O–H groups in total. The maximum absolute atomic E-state index is 10.5. The molecule has 0 spiro atoms. The Kier molecular flexibility index (Phi) is 2.97. The number of nitro groups is 1. The summed E-state index contributed by atoms with van der Waals surface area (Å²) in [6, 6.07) is 4.91. The molecule has 0 saturated heterocycles. The number of carbonyl (C=O) groups is 1. The highest BCUT2D eigenvalue weighted by Crippen LogP contribution is 2.17. The summed E-state index contributed by atoms with van der Waals surface area (Å²) >= 11 is 0. The van der Waals surface area contributed by atoms with Crippen LogP contribution in [0.15, 0.2) is 24.3 Å². The summed E-state index contributed by atoms with van der Waals surface area (Å²) in [6.07, 6.45) is -1.08. The van der Waals surface area contributed by atoms with Gasteiger partial charge in [0.15, 0.2) is 0 Å². The summed E-state index contributed by atoms with van der Waals surface area (Å²) in [5, 5.41) is 10.2. The van der Waals surface area contributed by atoms with Crippen LogP contribution in [-0.4, -0.2) is 11.1 Å². The molecule has 0 bridgehead atoms. The molecule has 7 heteroatoms. The van der Waals surface area contributed by atoms with Gasteiger partial charge in [-0.3, -0.25) is 10.1 Å². The Labute approximate surface area is 78.1 Å². The molecule has 1 aromatic carbocycles. The molecule has 0 aliphatic heterocycles. The van der Waals surface area contributed by atoms with Crippen LogP contribution in [0.2, 0.25) is 0 Å². The quantitative estimate of drug-likeness (QED) is 0.328. The molecule has 7 nitrogen and oxygen atoms in total. The molecule has 1 aromatic rings. The number of non-ortho nitro benzene ring substituents is 1. The molecule has 0 unspecified atom stereocenters. The van der Waals surface area contributed by atoms with Crippen molar-refractivity contribution in [3.8, 4) is 5.75 Å². The van der Waals surface area contributed by atoms with Crippen LogP contribution in [-0.2, 0) is 4.84 Å². The zero-order valence-corrected chi connectivity index (χ0v) is 6.88. The van der Waals surface area contributed by atoms with Crippen molar-refractivity contribution in [3.63, 3.8) is 0 Å². The number of hydrogen-bond acceptors (Lipinski definition) is 6. The van der Waals surface area contributed by atoms with Crippen molar-refractivity contribution in [2.45, 2.75) is 0 Å². The van der Waals surface area contributed by atoms with E-state index in [0.29, 0.717) is 0 Å². The fourth-order valence-corrected chi connectivity index (χ4v) is 0.756. The predicted octanol–water partition coefficient (Wildman–Crippen LogP) is 0.984. The topological polar surface area (TPSA) is 105 Å². The van der Waals surface area contributed by atoms with Crippen molar-refractivity contribution in [2.75, 3.05) is 0 Å². The normalized spacial score (nSPS) is 9.21. The summed E-state index contributed by atoms with van der Waals surface area (Å²) in [4.78, 5) is 23.9. The van der Waals surface area contributed by atoms with E-state index in [1.807, 2.05) is 0 Å². The second-order valence-corrected chi connectivity index (χ2v) is 2.22. The third kappa shape index (κ3) is 2.42. The second kappa shape index (κ2) is 4.19. The monoisotopic (exact) mass is 198 g/mol. The van der Waals surface area contributed by atoms with Crippen molar-refractivity contribution in [1.29, 1.82) is 0 Å². The van der Waals surface area contributed by atoms with Crippen LogP contribution in [0.5, 0.6) is 5.75 Å². The molecule has 1 rings (SSSR count). The SMILES string of the molecule is NOC(=O)Oc1ccc([N+](=O)[O-])cc1. The summed E-state index contributed by atoms with van der Waals surface area (Å²) in [5.41, 5.74) is -0.0986. The number of nitrogens with two attached hydrogens (primary N) is 1. The van der Waals surface area contributed by atoms with E-state index in [1.54, 1.807) is 0 Å². The summed E-state index contributed by atoms with van der Waals surface area (Å²) in [7, 11) is 0. The second-order valence-electron chi connectivity index (χ2n) is 2.22. The number of carbonyl (C=O) groups excluding carboxylic acids is 1. The van der Waals surface area contributed by atoms with Crippen molar-refractivity contribution >= 4 is 11.8 Å². The van der Waals surface area contributed by atoms with E-state index < -0.39 is 11.1 Å². The van der Waals surface area contributed by atoms with Gasteiger partial charge in [-0.1, -0.05) is 0 Å². The lowest BCUT2D eigenvalue weighted by Crippen LogP contribution is -2.14. The van der Waals surface area contributed by atoms with Gasteiger partial charge in [-0.2, -0.15) is 5.90 Å². The first-order valence-electron chi connectivity index (χ1n) is 3.46. The maximum Gasteiger partial charge on any atom is 0.533 e. The van der Waals surface area contributed by atoms with Gasteiger partial charge < -0.3 is 9.57 Å². The highest BCUT2D eigenvalue weighted by atomic mass is 16.8. The van der Waals surface area contributed by atoms with E-state index in [4.69, 9.17) is 0 Å². The van der Waals surface area contributed by atoms with E-state index >= 15 is 0 Å². The van der Waals surface area contributed by atoms with Crippen LogP contribution in [0.25, 0.3) is 0 Å². The smallest absolute Gasteiger partial charge is 0.394 e. The van der Waals surface area contributed by atoms with Crippen LogP contribution in [0.3, 0.4) is 0 Å². The lowest BCUT2D eigenvalue weighted by atomic mass is 10.3. The molecule has 0 radical (unpaired) electrons. The molecule has 0 saturated carbocycles. The number of rotatable bonds is 2. The fourth-order valence-electron chi connectivity index (χ4n) is 0.756. The molecule has 74 valence electrons. The Hall–Kier alpha value is -2.15. The van der Waals surface area contributed by atoms with Gasteiger partial charge in [-0.15, -0.1) is 0 Å². The Balaban J connectivity index is 2.73. The number of ether oxygens (including phenoxy) is 1. The van der Waals surface area contributed by atoms with Gasteiger partial charge in [0.05, 0.1) is 4.92 Å². The highest BCUT2D eigenvalue weighted by molar-refractivity contribution is 5.63. The fraction of sp³-hybridized carbons (Fsp3) is 0. The lowest BCUT2D eigenvalue weighted by Gasteiger charge is -2.00. The minimum atomic E-state index is -1.08. The lowest BCUT2D eigenvalue weighted by molar-refractivity contribution is -0.384. The predicted molar refractivity (Wildman–Crippen MR) is 44.4 cm³/mol. The van der Waals surface area contributed by atoms with Crippen molar-refractivity contribution in [3.05, 3.63) is 34.4 Å². The number of benzene rings is 1. The van der Waals surface area contributed by atoms with Crippen LogP contribution in [0.4, 0.5) is 10.5 Å². The van der Waals surface area contributed by atoms with E-state index in [0.717, 1.165) is 0 Å². The molecule has 0 heterocycles. The molecular formula is C7H6N2O5. The van der Waals surface area contributed by atoms with Crippen LogP contribution in [0, 0.1) is 10.1 Å². The molecule has 0 amide bonds. The first-order valence-corrected chi connectivity index (χ1v) is 3.46. The molecule has 0 atom stereocenters. The van der Waals surface area contributed by atoms with Crippen molar-refractivity contribution < 1.29 is 19.3 Å². The standard InChI is InChI=1S/C7H6N2O5/c8-14-7(10)13-6-3-1-5(2-4-6)9(11)12/h1-4H,8H2. The van der Waals surface area contributed by atoms with Gasteiger partial charge in [0, 0.05) is 12.1 Å². The third-order valence-corrected chi connectivity index (χ3v) is 1.34. The van der Waals surface area contributed by atoms with Crippen molar-refractivity contribution in [1.82, 2.24) is 0 Å². The average Bonchev–Trinajstić information content (AvgIpc) is 2.18. The first kappa shape index (κ1) is 9.93. The van der Waals surface area contributed by atoms with E-state index in [9.17, 15) is 14.9 Å². The zero-order chi connectivity index (χ0) is 10.6. The van der Waals surface area contributed by atoms with E-state index in [2.05, 4.69) is 15.5 Å². The van der Waals surface area contributed by atoms with Crippen LogP contribution < -0.4 is 10.6 Å². The minimum absolute atomic E-state index is 0.0986. The molecule has 0 aliphatic carbocycles. The molecule has 0 aromatic heterocycles. The van der Waals surface area contributed by atoms with E-state index in [1.165, 1.54) is 24.3 Å². The Morgan fingerprint density at radius 1 is 1.36 bits per heavy atom. The van der Waals surface area contributed by atoms with Crippen molar-refractivity contribution in [2.24, 2.45) is 5.90 Å². The van der Waals surface area contributed by atoms with Gasteiger partial charge >= 0.3 is 6.16 Å². The Morgan fingerprint density at radius 2 is 1.93 bits per heavy atom. The van der Waals surface area contributed by atoms with Gasteiger partial charge in [-0.05, 0) is 12.1 Å². The molecule has 0 aliphatic rings. The van der Waals surface area contributed by atoms with Gasteiger partial charge in [0.2, 0.25) is 0 Å². The number of nitro benzene ring substituents is 1. The van der Waals surface area contributed by atoms with Crippen LogP contribution >= 0.6 is 0 Å². The number of nitrogens with zero attached hydrogens (tertiary/aromatic N) is 1. The van der Waals surface area contributed by atoms with Crippen LogP contribution in [0.1, 0.15) is 0 Å². The van der Waals surface area contributed by atoms with E-state index in [-0.39, 0.29) is 11.4 Å². The molecule has 14 heavy (non-hydrogen) atoms. The third-order valence-electron chi connectivity index (χ3n) is 1.34.